The Hall–Kier alpha value is -1.05. The van der Waals surface area contributed by atoms with Gasteiger partial charge in [-0.1, -0.05) is 23.8 Å². The van der Waals surface area contributed by atoms with E-state index in [4.69, 9.17) is 4.74 Å². The summed E-state index contributed by atoms with van der Waals surface area (Å²) in [7, 11) is 0. The van der Waals surface area contributed by atoms with Gasteiger partial charge in [-0.25, -0.2) is 0 Å². The zero-order valence-corrected chi connectivity index (χ0v) is 9.93. The molecule has 0 aromatic carbocycles. The molecule has 0 N–H and O–H groups in total. The summed E-state index contributed by atoms with van der Waals surface area (Å²) in [6.07, 6.45) is 4.79. The van der Waals surface area contributed by atoms with Gasteiger partial charge in [0.15, 0.2) is 0 Å². The van der Waals surface area contributed by atoms with Crippen molar-refractivity contribution in [2.75, 3.05) is 6.61 Å². The standard InChI is InChI=1S/C13H20O2/c1-5-10(3)11-8-7-9-13(11,4)12(14)15-6-2/h5H,1,6-9H2,2-4H3/b11-10-. The third-order valence-corrected chi connectivity index (χ3v) is 3.28. The Morgan fingerprint density at radius 3 is 2.87 bits per heavy atom. The van der Waals surface area contributed by atoms with Crippen LogP contribution in [0.3, 0.4) is 0 Å². The highest BCUT2D eigenvalue weighted by molar-refractivity contribution is 5.81. The number of hydrogen-bond donors (Lipinski definition) is 0. The number of rotatable bonds is 3. The second-order valence-corrected chi connectivity index (χ2v) is 4.27. The second kappa shape index (κ2) is 4.65. The van der Waals surface area contributed by atoms with Crippen molar-refractivity contribution < 1.29 is 9.53 Å². The molecule has 0 heterocycles. The van der Waals surface area contributed by atoms with Crippen LogP contribution in [0.5, 0.6) is 0 Å². The van der Waals surface area contributed by atoms with Gasteiger partial charge in [-0.3, -0.25) is 4.79 Å². The maximum Gasteiger partial charge on any atom is 0.315 e. The first kappa shape index (κ1) is 12.0. The maximum atomic E-state index is 11.9. The Bertz CT molecular complexity index is 302. The van der Waals surface area contributed by atoms with Crippen LogP contribution in [0.15, 0.2) is 23.8 Å². The van der Waals surface area contributed by atoms with E-state index >= 15 is 0 Å². The lowest BCUT2D eigenvalue weighted by Gasteiger charge is -2.24. The average molecular weight is 208 g/mol. The molecule has 84 valence electrons. The van der Waals surface area contributed by atoms with Gasteiger partial charge >= 0.3 is 5.97 Å². The van der Waals surface area contributed by atoms with Gasteiger partial charge in [-0.05, 0) is 40.0 Å². The molecule has 1 atom stereocenters. The van der Waals surface area contributed by atoms with E-state index in [0.717, 1.165) is 24.8 Å². The van der Waals surface area contributed by atoms with Crippen molar-refractivity contribution in [3.63, 3.8) is 0 Å². The topological polar surface area (TPSA) is 26.3 Å². The minimum Gasteiger partial charge on any atom is -0.465 e. The van der Waals surface area contributed by atoms with Gasteiger partial charge in [-0.15, -0.1) is 0 Å². The van der Waals surface area contributed by atoms with Crippen molar-refractivity contribution in [2.45, 2.75) is 40.0 Å². The lowest BCUT2D eigenvalue weighted by atomic mass is 9.82. The summed E-state index contributed by atoms with van der Waals surface area (Å²) < 4.78 is 5.15. The largest absolute Gasteiger partial charge is 0.465 e. The van der Waals surface area contributed by atoms with E-state index < -0.39 is 5.41 Å². The number of ether oxygens (including phenoxy) is 1. The quantitative estimate of drug-likeness (QED) is 0.665. The first-order valence-corrected chi connectivity index (χ1v) is 5.56. The van der Waals surface area contributed by atoms with E-state index in [9.17, 15) is 4.79 Å². The average Bonchev–Trinajstić information content (AvgIpc) is 2.61. The van der Waals surface area contributed by atoms with E-state index in [0.29, 0.717) is 6.61 Å². The third kappa shape index (κ3) is 2.14. The van der Waals surface area contributed by atoms with E-state index in [-0.39, 0.29) is 5.97 Å². The first-order valence-electron chi connectivity index (χ1n) is 5.56. The molecule has 2 heteroatoms. The summed E-state index contributed by atoms with van der Waals surface area (Å²) in [5, 5.41) is 0. The SMILES string of the molecule is C=C/C(C)=C1/CCCC1(C)C(=O)OCC. The molecule has 1 rings (SSSR count). The van der Waals surface area contributed by atoms with Crippen LogP contribution in [0.1, 0.15) is 40.0 Å². The highest BCUT2D eigenvalue weighted by atomic mass is 16.5. The van der Waals surface area contributed by atoms with Crippen LogP contribution in [-0.2, 0) is 9.53 Å². The van der Waals surface area contributed by atoms with Crippen LogP contribution >= 0.6 is 0 Å². The van der Waals surface area contributed by atoms with E-state index in [1.54, 1.807) is 0 Å². The molecular weight excluding hydrogens is 188 g/mol. The van der Waals surface area contributed by atoms with E-state index in [1.165, 1.54) is 5.57 Å². The molecule has 0 aromatic heterocycles. The smallest absolute Gasteiger partial charge is 0.315 e. The Morgan fingerprint density at radius 1 is 1.67 bits per heavy atom. The van der Waals surface area contributed by atoms with Crippen LogP contribution in [0.25, 0.3) is 0 Å². The molecule has 0 spiro atoms. The molecular formula is C13H20O2. The van der Waals surface area contributed by atoms with Gasteiger partial charge in [0.1, 0.15) is 0 Å². The van der Waals surface area contributed by atoms with Gasteiger partial charge in [0, 0.05) is 0 Å². The van der Waals surface area contributed by atoms with Gasteiger partial charge in [0.25, 0.3) is 0 Å². The van der Waals surface area contributed by atoms with E-state index in [2.05, 4.69) is 6.58 Å². The molecule has 2 nitrogen and oxygen atoms in total. The fourth-order valence-corrected chi connectivity index (χ4v) is 2.32. The lowest BCUT2D eigenvalue weighted by molar-refractivity contribution is -0.151. The monoisotopic (exact) mass is 208 g/mol. The predicted molar refractivity (Wildman–Crippen MR) is 61.5 cm³/mol. The summed E-state index contributed by atoms with van der Waals surface area (Å²) in [6, 6.07) is 0. The molecule has 1 aliphatic carbocycles. The van der Waals surface area contributed by atoms with Gasteiger partial charge in [0.05, 0.1) is 12.0 Å². The normalized spacial score (nSPS) is 28.7. The van der Waals surface area contributed by atoms with Crippen LogP contribution < -0.4 is 0 Å². The Labute approximate surface area is 92.0 Å². The van der Waals surface area contributed by atoms with Crippen molar-refractivity contribution in [1.29, 1.82) is 0 Å². The zero-order chi connectivity index (χ0) is 11.5. The van der Waals surface area contributed by atoms with Crippen LogP contribution in [0.2, 0.25) is 0 Å². The van der Waals surface area contributed by atoms with Crippen molar-refractivity contribution in [1.82, 2.24) is 0 Å². The van der Waals surface area contributed by atoms with E-state index in [1.807, 2.05) is 26.8 Å². The highest BCUT2D eigenvalue weighted by Gasteiger charge is 2.42. The van der Waals surface area contributed by atoms with Crippen LogP contribution in [-0.4, -0.2) is 12.6 Å². The minimum absolute atomic E-state index is 0.0845. The number of hydrogen-bond acceptors (Lipinski definition) is 2. The molecule has 0 amide bonds. The van der Waals surface area contributed by atoms with Gasteiger partial charge in [0.2, 0.25) is 0 Å². The van der Waals surface area contributed by atoms with Crippen LogP contribution in [0.4, 0.5) is 0 Å². The highest BCUT2D eigenvalue weighted by Crippen LogP contribution is 2.45. The predicted octanol–water partition coefficient (Wildman–Crippen LogP) is 3.24. The Kier molecular flexibility index (Phi) is 3.72. The van der Waals surface area contributed by atoms with Crippen molar-refractivity contribution >= 4 is 5.97 Å². The Balaban J connectivity index is 3.01. The third-order valence-electron chi connectivity index (χ3n) is 3.28. The molecule has 1 saturated carbocycles. The molecule has 0 saturated heterocycles. The molecule has 0 radical (unpaired) electrons. The summed E-state index contributed by atoms with van der Waals surface area (Å²) in [5.74, 6) is -0.0845. The fourth-order valence-electron chi connectivity index (χ4n) is 2.32. The molecule has 15 heavy (non-hydrogen) atoms. The summed E-state index contributed by atoms with van der Waals surface area (Å²) >= 11 is 0. The Morgan fingerprint density at radius 2 is 2.33 bits per heavy atom. The maximum absolute atomic E-state index is 11.9. The molecule has 0 bridgehead atoms. The molecule has 0 aromatic rings. The molecule has 1 aliphatic rings. The van der Waals surface area contributed by atoms with Gasteiger partial charge in [-0.2, -0.15) is 0 Å². The minimum atomic E-state index is -0.408. The van der Waals surface area contributed by atoms with Gasteiger partial charge < -0.3 is 4.74 Å². The lowest BCUT2D eigenvalue weighted by Crippen LogP contribution is -2.29. The van der Waals surface area contributed by atoms with Crippen molar-refractivity contribution in [3.05, 3.63) is 23.8 Å². The summed E-state index contributed by atoms with van der Waals surface area (Å²) in [6.45, 7) is 10.1. The first-order chi connectivity index (χ1) is 7.06. The number of esters is 1. The fraction of sp³-hybridized carbons (Fsp3) is 0.615. The second-order valence-electron chi connectivity index (χ2n) is 4.27. The number of carbonyl (C=O) groups is 1. The number of carbonyl (C=O) groups excluding carboxylic acids is 1. The van der Waals surface area contributed by atoms with Crippen molar-refractivity contribution in [2.24, 2.45) is 5.41 Å². The zero-order valence-electron chi connectivity index (χ0n) is 9.93. The van der Waals surface area contributed by atoms with Crippen molar-refractivity contribution in [3.8, 4) is 0 Å². The van der Waals surface area contributed by atoms with Crippen LogP contribution in [0, 0.1) is 5.41 Å². The number of allylic oxidation sites excluding steroid dienone is 2. The molecule has 1 unspecified atom stereocenters. The summed E-state index contributed by atoms with van der Waals surface area (Å²) in [4.78, 5) is 11.9. The molecule has 1 fully saturated rings. The molecule has 0 aliphatic heterocycles. The summed E-state index contributed by atoms with van der Waals surface area (Å²) in [5.41, 5.74) is 1.92.